The van der Waals surface area contributed by atoms with Gasteiger partial charge in [-0.2, -0.15) is 0 Å². The van der Waals surface area contributed by atoms with Gasteiger partial charge in [0.05, 0.1) is 12.7 Å². The van der Waals surface area contributed by atoms with Crippen LogP contribution in [0, 0.1) is 56.2 Å². The molecule has 6 fully saturated rings. The van der Waals surface area contributed by atoms with E-state index < -0.39 is 0 Å². The van der Waals surface area contributed by atoms with E-state index in [1.54, 1.807) is 0 Å². The first-order valence-electron chi connectivity index (χ1n) is 20.7. The fraction of sp³-hybridized carbons (Fsp3) is 0.688. The highest BCUT2D eigenvalue weighted by Gasteiger charge is 2.73. The summed E-state index contributed by atoms with van der Waals surface area (Å²) in [7, 11) is 0. The number of hydrogen-bond acceptors (Lipinski definition) is 2. The molecule has 2 heteroatoms. The molecule has 0 spiro atoms. The van der Waals surface area contributed by atoms with Gasteiger partial charge < -0.3 is 4.74 Å². The molecule has 2 aromatic carbocycles. The number of ether oxygens (including phenoxy) is 1. The molecule has 0 N–H and O–H groups in total. The maximum absolute atomic E-state index is 14.4. The second-order valence-electron chi connectivity index (χ2n) is 20.4. The molecule has 5 aliphatic carbocycles. The first kappa shape index (κ1) is 34.9. The average Bonchev–Trinajstić information content (AvgIpc) is 3.42. The van der Waals surface area contributed by atoms with Crippen LogP contribution in [0.3, 0.4) is 0 Å². The summed E-state index contributed by atoms with van der Waals surface area (Å²) in [4.78, 5) is 14.4. The van der Waals surface area contributed by atoms with Gasteiger partial charge in [0.25, 0.3) is 0 Å². The highest BCUT2D eigenvalue weighted by Crippen LogP contribution is 2.78. The van der Waals surface area contributed by atoms with Crippen LogP contribution in [0.5, 0.6) is 0 Å². The Morgan fingerprint density at radius 1 is 0.740 bits per heavy atom. The maximum atomic E-state index is 14.4. The number of carbonyl (C=O) groups excluding carboxylic acids is 1. The zero-order valence-electron chi connectivity index (χ0n) is 32.8. The molecule has 2 nitrogen and oxygen atoms in total. The van der Waals surface area contributed by atoms with E-state index in [1.807, 2.05) is 0 Å². The van der Waals surface area contributed by atoms with E-state index >= 15 is 0 Å². The topological polar surface area (TPSA) is 26.3 Å². The molecular weight excluding hydrogens is 609 g/mol. The molecule has 0 unspecified atom stereocenters. The lowest BCUT2D eigenvalue weighted by Crippen LogP contribution is -2.67. The fourth-order valence-electron chi connectivity index (χ4n) is 14.4. The molecule has 270 valence electrons. The van der Waals surface area contributed by atoms with Crippen LogP contribution in [0.1, 0.15) is 144 Å². The summed E-state index contributed by atoms with van der Waals surface area (Å²) >= 11 is 0. The zero-order chi connectivity index (χ0) is 35.3. The lowest BCUT2D eigenvalue weighted by Gasteiger charge is -2.73. The van der Waals surface area contributed by atoms with Crippen molar-refractivity contribution in [3.05, 3.63) is 65.2 Å². The summed E-state index contributed by atoms with van der Waals surface area (Å²) in [5, 5.41) is 0. The van der Waals surface area contributed by atoms with Crippen LogP contribution in [0.15, 0.2) is 54.1 Å². The van der Waals surface area contributed by atoms with Gasteiger partial charge in [-0.3, -0.25) is 4.79 Å². The predicted octanol–water partition coefficient (Wildman–Crippen LogP) is 12.5. The molecule has 1 heterocycles. The molecule has 9 atom stereocenters. The first-order chi connectivity index (χ1) is 23.7. The molecule has 5 saturated carbocycles. The van der Waals surface area contributed by atoms with Gasteiger partial charge in [-0.15, -0.1) is 0 Å². The van der Waals surface area contributed by atoms with Crippen molar-refractivity contribution < 1.29 is 9.53 Å². The molecule has 1 aliphatic heterocycles. The molecule has 8 rings (SSSR count). The fourth-order valence-corrected chi connectivity index (χ4v) is 14.4. The standard InChI is InChI=1S/C48H66O2/c1-9-10-11-12-32-13-17-34(18-14-32)35-19-15-33(16-20-35)29-36-30-45(6)38(44(4,5)41(36)49)23-24-47(8)39(45)22-21-37-40-42-43(2,3)25-27-48(40,31-50-42)28-26-46(37,47)7/h13-20,29,37-40,42H,9-12,21-28,30-31H2,1-8H3/b36-29+/t37-,38-,39-,40-,42-,45+,46-,47-,48-/m1/s1. The van der Waals surface area contributed by atoms with E-state index in [-0.39, 0.29) is 16.2 Å². The van der Waals surface area contributed by atoms with Crippen LogP contribution in [0.4, 0.5) is 0 Å². The Kier molecular flexibility index (Phi) is 8.31. The van der Waals surface area contributed by atoms with Gasteiger partial charge in [0.1, 0.15) is 0 Å². The summed E-state index contributed by atoms with van der Waals surface area (Å²) in [5.41, 5.74) is 7.29. The Labute approximate surface area is 304 Å². The third-order valence-electron chi connectivity index (χ3n) is 17.3. The Morgan fingerprint density at radius 2 is 1.42 bits per heavy atom. The van der Waals surface area contributed by atoms with Gasteiger partial charge >= 0.3 is 0 Å². The Morgan fingerprint density at radius 3 is 2.12 bits per heavy atom. The van der Waals surface area contributed by atoms with Crippen LogP contribution in [-0.2, 0) is 16.0 Å². The van der Waals surface area contributed by atoms with Crippen molar-refractivity contribution in [2.24, 2.45) is 56.2 Å². The van der Waals surface area contributed by atoms with E-state index in [4.69, 9.17) is 4.74 Å². The van der Waals surface area contributed by atoms with Crippen molar-refractivity contribution in [2.45, 2.75) is 145 Å². The molecule has 0 amide bonds. The minimum Gasteiger partial charge on any atom is -0.377 e. The summed E-state index contributed by atoms with van der Waals surface area (Å²) in [6.45, 7) is 20.9. The van der Waals surface area contributed by atoms with Crippen molar-refractivity contribution in [3.8, 4) is 11.1 Å². The van der Waals surface area contributed by atoms with E-state index in [0.29, 0.717) is 40.0 Å². The molecule has 1 saturated heterocycles. The number of hydrogen-bond donors (Lipinski definition) is 0. The lowest BCUT2D eigenvalue weighted by molar-refractivity contribution is -0.236. The number of rotatable bonds is 6. The van der Waals surface area contributed by atoms with Crippen molar-refractivity contribution in [3.63, 3.8) is 0 Å². The summed E-state index contributed by atoms with van der Waals surface area (Å²) < 4.78 is 6.82. The molecule has 2 bridgehead atoms. The minimum absolute atomic E-state index is 0.124. The molecule has 2 aromatic rings. The van der Waals surface area contributed by atoms with Crippen LogP contribution in [-0.4, -0.2) is 18.5 Å². The van der Waals surface area contributed by atoms with E-state index in [0.717, 1.165) is 36.0 Å². The highest BCUT2D eigenvalue weighted by atomic mass is 16.5. The average molecular weight is 675 g/mol. The Hall–Kier alpha value is -2.19. The number of Topliss-reactive ketones (excluding diaryl/α,β-unsaturated/α-hetero) is 1. The van der Waals surface area contributed by atoms with Crippen molar-refractivity contribution in [1.82, 2.24) is 0 Å². The Bertz CT molecular complexity index is 1640. The quantitative estimate of drug-likeness (QED) is 0.225. The van der Waals surface area contributed by atoms with Crippen molar-refractivity contribution >= 4 is 11.9 Å². The van der Waals surface area contributed by atoms with Crippen molar-refractivity contribution in [1.29, 1.82) is 0 Å². The minimum atomic E-state index is -0.340. The monoisotopic (exact) mass is 675 g/mol. The predicted molar refractivity (Wildman–Crippen MR) is 208 cm³/mol. The number of benzene rings is 2. The van der Waals surface area contributed by atoms with Gasteiger partial charge in [-0.1, -0.05) is 117 Å². The zero-order valence-corrected chi connectivity index (χ0v) is 32.8. The van der Waals surface area contributed by atoms with E-state index in [1.165, 1.54) is 93.7 Å². The molecule has 0 aromatic heterocycles. The van der Waals surface area contributed by atoms with Gasteiger partial charge in [-0.25, -0.2) is 0 Å². The molecule has 6 aliphatic rings. The maximum Gasteiger partial charge on any atom is 0.164 e. The van der Waals surface area contributed by atoms with Gasteiger partial charge in [0, 0.05) is 5.41 Å². The summed E-state index contributed by atoms with van der Waals surface area (Å²) in [6.07, 6.45) is 19.1. The number of unbranched alkanes of at least 4 members (excludes halogenated alkanes) is 2. The number of carbonyl (C=O) groups is 1. The number of aryl methyl sites for hydroxylation is 1. The van der Waals surface area contributed by atoms with Gasteiger partial charge in [0.15, 0.2) is 5.78 Å². The lowest BCUT2D eigenvalue weighted by atomic mass is 9.31. The van der Waals surface area contributed by atoms with Crippen LogP contribution in [0.25, 0.3) is 17.2 Å². The second kappa shape index (κ2) is 11.9. The summed E-state index contributed by atoms with van der Waals surface area (Å²) in [5.74, 6) is 2.95. The Balaban J connectivity index is 1.07. The molecule has 0 radical (unpaired) electrons. The van der Waals surface area contributed by atoms with Crippen molar-refractivity contribution in [2.75, 3.05) is 6.61 Å². The largest absolute Gasteiger partial charge is 0.377 e. The number of ketones is 1. The number of allylic oxidation sites excluding steroid dienone is 1. The van der Waals surface area contributed by atoms with Crippen LogP contribution in [0.2, 0.25) is 0 Å². The van der Waals surface area contributed by atoms with Crippen LogP contribution < -0.4 is 0 Å². The van der Waals surface area contributed by atoms with E-state index in [2.05, 4.69) is 110 Å². The highest BCUT2D eigenvalue weighted by molar-refractivity contribution is 6.04. The molecular formula is C48H66O2. The van der Waals surface area contributed by atoms with E-state index in [9.17, 15) is 4.79 Å². The summed E-state index contributed by atoms with van der Waals surface area (Å²) in [6, 6.07) is 18.1. The number of fused-ring (bicyclic) bond motifs is 5. The first-order valence-corrected chi connectivity index (χ1v) is 20.7. The smallest absolute Gasteiger partial charge is 0.164 e. The third kappa shape index (κ3) is 4.99. The third-order valence-corrected chi connectivity index (χ3v) is 17.3. The second-order valence-corrected chi connectivity index (χ2v) is 20.4. The molecule has 50 heavy (non-hydrogen) atoms. The normalized spacial score (nSPS) is 42.0. The van der Waals surface area contributed by atoms with Gasteiger partial charge in [-0.05, 0) is 155 Å². The van der Waals surface area contributed by atoms with Crippen LogP contribution >= 0.6 is 0 Å². The van der Waals surface area contributed by atoms with Gasteiger partial charge in [0.2, 0.25) is 0 Å². The SMILES string of the molecule is CCCCCc1ccc(-c2ccc(/C=C3\C[C@@]4(C)[C@H](CC[C@]5(C)[C@@H]4CC[C@@H]4[C@@H]6[C@H]7OC[C@@]6(CCC7(C)C)CC[C@]45C)C(C)(C)C3=O)cc2)cc1.